The molecule has 2 saturated heterocycles. The SMILES string of the molecule is Cn1nnc(C(c2nnnn2C2CCCC2)N2CCN(c3ccc4c(c3)C(=O)N(C3CCC(=O)NC3=O)C4=O)CC2)c1C(F)F. The Balaban J connectivity index is 1.13. The zero-order valence-corrected chi connectivity index (χ0v) is 24.5. The third-order valence-corrected chi connectivity index (χ3v) is 9.26. The van der Waals surface area contributed by atoms with Crippen molar-refractivity contribution in [3.63, 3.8) is 0 Å². The highest BCUT2D eigenvalue weighted by molar-refractivity contribution is 6.23. The van der Waals surface area contributed by atoms with E-state index in [-0.39, 0.29) is 41.4 Å². The van der Waals surface area contributed by atoms with Gasteiger partial charge in [0, 0.05) is 45.3 Å². The fraction of sp³-hybridized carbons (Fsp3) is 0.536. The Labute approximate surface area is 255 Å². The van der Waals surface area contributed by atoms with Crippen LogP contribution in [0.3, 0.4) is 0 Å². The Hall–Kier alpha value is -4.67. The van der Waals surface area contributed by atoms with Crippen molar-refractivity contribution in [3.8, 4) is 0 Å². The molecule has 1 aromatic carbocycles. The fourth-order valence-corrected chi connectivity index (χ4v) is 6.97. The van der Waals surface area contributed by atoms with Crippen molar-refractivity contribution in [2.75, 3.05) is 31.1 Å². The lowest BCUT2D eigenvalue weighted by molar-refractivity contribution is -0.136. The number of tetrazole rings is 1. The smallest absolute Gasteiger partial charge is 0.281 e. The first-order valence-electron chi connectivity index (χ1n) is 15.0. The van der Waals surface area contributed by atoms with E-state index in [1.165, 1.54) is 7.05 Å². The number of aromatic nitrogens is 7. The molecule has 1 N–H and O–H groups in total. The molecule has 17 heteroatoms. The number of anilines is 1. The number of carbonyl (C=O) groups is 4. The molecule has 0 spiro atoms. The summed E-state index contributed by atoms with van der Waals surface area (Å²) in [7, 11) is 1.44. The van der Waals surface area contributed by atoms with E-state index in [1.807, 2.05) is 9.80 Å². The molecule has 0 bridgehead atoms. The molecule has 1 aliphatic carbocycles. The molecule has 3 fully saturated rings. The summed E-state index contributed by atoms with van der Waals surface area (Å²) in [5.74, 6) is -1.79. The first-order chi connectivity index (χ1) is 21.7. The monoisotopic (exact) mass is 623 g/mol. The normalized spacial score (nSPS) is 22.1. The van der Waals surface area contributed by atoms with Crippen LogP contribution in [0.4, 0.5) is 14.5 Å². The van der Waals surface area contributed by atoms with Gasteiger partial charge in [0.2, 0.25) is 11.8 Å². The van der Waals surface area contributed by atoms with Crippen LogP contribution in [0.25, 0.3) is 0 Å². The molecule has 15 nitrogen and oxygen atoms in total. The first-order valence-corrected chi connectivity index (χ1v) is 15.0. The number of alkyl halides is 2. The van der Waals surface area contributed by atoms with Gasteiger partial charge in [-0.2, -0.15) is 0 Å². The third-order valence-electron chi connectivity index (χ3n) is 9.26. The Morgan fingerprint density at radius 1 is 0.911 bits per heavy atom. The summed E-state index contributed by atoms with van der Waals surface area (Å²) in [6, 6.07) is 3.27. The first kappa shape index (κ1) is 29.1. The van der Waals surface area contributed by atoms with Gasteiger partial charge >= 0.3 is 0 Å². The number of nitrogens with zero attached hydrogens (tertiary/aromatic N) is 10. The van der Waals surface area contributed by atoms with E-state index in [1.54, 1.807) is 22.9 Å². The predicted molar refractivity (Wildman–Crippen MR) is 150 cm³/mol. The second kappa shape index (κ2) is 11.4. The fourth-order valence-electron chi connectivity index (χ4n) is 6.97. The summed E-state index contributed by atoms with van der Waals surface area (Å²) >= 11 is 0. The lowest BCUT2D eigenvalue weighted by Gasteiger charge is -2.39. The van der Waals surface area contributed by atoms with Crippen LogP contribution in [-0.4, -0.2) is 101 Å². The van der Waals surface area contributed by atoms with Crippen molar-refractivity contribution in [1.82, 2.24) is 50.3 Å². The number of piperidine rings is 1. The van der Waals surface area contributed by atoms with Crippen LogP contribution >= 0.6 is 0 Å². The number of rotatable bonds is 7. The number of hydrogen-bond donors (Lipinski definition) is 1. The number of amides is 4. The van der Waals surface area contributed by atoms with Gasteiger partial charge in [0.05, 0.1) is 17.2 Å². The van der Waals surface area contributed by atoms with Crippen LogP contribution in [0.1, 0.15) is 95.0 Å². The highest BCUT2D eigenvalue weighted by Gasteiger charge is 2.45. The standard InChI is InChI=1S/C28H31F2N11O4/c1-37-22(24(29)30)21(32-35-37)23(25-33-34-36-41(25)15-4-2-3-5-15)39-12-10-38(11-13-39)16-6-7-17-18(14-16)28(45)40(27(17)44)19-8-9-20(42)31-26(19)43/h6-7,14-15,19,23-24H,2-5,8-13H2,1H3,(H,31,42,43). The van der Waals surface area contributed by atoms with Gasteiger partial charge in [0.15, 0.2) is 5.82 Å². The van der Waals surface area contributed by atoms with Crippen molar-refractivity contribution in [2.24, 2.45) is 7.05 Å². The number of imide groups is 2. The highest BCUT2D eigenvalue weighted by atomic mass is 19.3. The molecule has 7 rings (SSSR count). The molecule has 45 heavy (non-hydrogen) atoms. The molecule has 2 atom stereocenters. The molecule has 0 radical (unpaired) electrons. The van der Waals surface area contributed by atoms with Crippen LogP contribution in [0.2, 0.25) is 0 Å². The van der Waals surface area contributed by atoms with Crippen LogP contribution < -0.4 is 10.2 Å². The average Bonchev–Trinajstić information content (AvgIpc) is 3.83. The van der Waals surface area contributed by atoms with Gasteiger partial charge in [-0.15, -0.1) is 10.2 Å². The molecule has 236 valence electrons. The molecular formula is C28H31F2N11O4. The Bertz CT molecular complexity index is 1680. The minimum atomic E-state index is -2.80. The summed E-state index contributed by atoms with van der Waals surface area (Å²) in [6.07, 6.45) is 1.21. The van der Waals surface area contributed by atoms with Gasteiger partial charge in [0.1, 0.15) is 23.5 Å². The summed E-state index contributed by atoms with van der Waals surface area (Å²) in [4.78, 5) is 55.5. The maximum absolute atomic E-state index is 14.3. The van der Waals surface area contributed by atoms with Crippen molar-refractivity contribution in [2.45, 2.75) is 63.1 Å². The van der Waals surface area contributed by atoms with E-state index in [2.05, 4.69) is 31.2 Å². The Kier molecular flexibility index (Phi) is 7.33. The van der Waals surface area contributed by atoms with Gasteiger partial charge in [-0.25, -0.2) is 18.1 Å². The number of aryl methyl sites for hydroxylation is 1. The topological polar surface area (TPSA) is 164 Å². The zero-order valence-electron chi connectivity index (χ0n) is 24.5. The second-order valence-corrected chi connectivity index (χ2v) is 11.8. The quantitative estimate of drug-likeness (QED) is 0.376. The predicted octanol–water partition coefficient (Wildman–Crippen LogP) is 1.17. The van der Waals surface area contributed by atoms with Crippen molar-refractivity contribution in [1.29, 1.82) is 0 Å². The van der Waals surface area contributed by atoms with Gasteiger partial charge in [-0.05, 0) is 47.9 Å². The number of benzene rings is 1. The summed E-state index contributed by atoms with van der Waals surface area (Å²) in [5, 5.41) is 22.8. The lowest BCUT2D eigenvalue weighted by Crippen LogP contribution is -2.54. The van der Waals surface area contributed by atoms with Gasteiger partial charge in [0.25, 0.3) is 18.2 Å². The van der Waals surface area contributed by atoms with Crippen molar-refractivity contribution < 1.29 is 28.0 Å². The highest BCUT2D eigenvalue weighted by Crippen LogP contribution is 2.37. The number of halogens is 2. The summed E-state index contributed by atoms with van der Waals surface area (Å²) in [6.45, 7) is 1.83. The van der Waals surface area contributed by atoms with Gasteiger partial charge < -0.3 is 4.90 Å². The largest absolute Gasteiger partial charge is 0.369 e. The molecule has 4 aliphatic rings. The minimum Gasteiger partial charge on any atom is -0.369 e. The molecule has 1 saturated carbocycles. The summed E-state index contributed by atoms with van der Waals surface area (Å²) in [5.41, 5.74) is 0.934. The van der Waals surface area contributed by atoms with E-state index in [0.717, 1.165) is 35.3 Å². The lowest BCUT2D eigenvalue weighted by atomic mass is 10.0. The third kappa shape index (κ3) is 4.94. The van der Waals surface area contributed by atoms with Crippen molar-refractivity contribution >= 4 is 29.3 Å². The van der Waals surface area contributed by atoms with Crippen LogP contribution in [0.15, 0.2) is 18.2 Å². The number of nitrogens with one attached hydrogen (secondary N) is 1. The maximum atomic E-state index is 14.3. The zero-order chi connectivity index (χ0) is 31.4. The molecule has 2 aromatic heterocycles. The van der Waals surface area contributed by atoms with Crippen LogP contribution in [0.5, 0.6) is 0 Å². The maximum Gasteiger partial charge on any atom is 0.281 e. The Morgan fingerprint density at radius 2 is 1.64 bits per heavy atom. The Morgan fingerprint density at radius 3 is 2.36 bits per heavy atom. The number of piperazine rings is 1. The molecule has 5 heterocycles. The van der Waals surface area contributed by atoms with Gasteiger partial charge in [-0.1, -0.05) is 18.1 Å². The second-order valence-electron chi connectivity index (χ2n) is 11.8. The number of fused-ring (bicyclic) bond motifs is 1. The van der Waals surface area contributed by atoms with Crippen molar-refractivity contribution in [3.05, 3.63) is 46.5 Å². The molecule has 4 amide bonds. The number of carbonyl (C=O) groups excluding carboxylic acids is 4. The van der Waals surface area contributed by atoms with E-state index >= 15 is 0 Å². The summed E-state index contributed by atoms with van der Waals surface area (Å²) < 4.78 is 31.3. The van der Waals surface area contributed by atoms with E-state index in [4.69, 9.17) is 0 Å². The molecule has 3 aromatic rings. The van der Waals surface area contributed by atoms with E-state index < -0.39 is 42.1 Å². The van der Waals surface area contributed by atoms with E-state index in [0.29, 0.717) is 37.7 Å². The molecule has 3 aliphatic heterocycles. The van der Waals surface area contributed by atoms with Crippen LogP contribution in [-0.2, 0) is 16.6 Å². The van der Waals surface area contributed by atoms with Gasteiger partial charge in [-0.3, -0.25) is 34.3 Å². The van der Waals surface area contributed by atoms with Crippen LogP contribution in [0, 0.1) is 0 Å². The number of hydrogen-bond acceptors (Lipinski definition) is 11. The minimum absolute atomic E-state index is 0.0424. The molecule has 2 unspecified atom stereocenters. The average molecular weight is 624 g/mol. The molecular weight excluding hydrogens is 592 g/mol. The van der Waals surface area contributed by atoms with E-state index in [9.17, 15) is 28.0 Å².